The van der Waals surface area contributed by atoms with Gasteiger partial charge in [-0.3, -0.25) is 9.51 Å². The average molecular weight is 504 g/mol. The van der Waals surface area contributed by atoms with Crippen LogP contribution >= 0.6 is 23.4 Å². The Morgan fingerprint density at radius 3 is 2.68 bits per heavy atom. The summed E-state index contributed by atoms with van der Waals surface area (Å²) in [5, 5.41) is 4.32. The van der Waals surface area contributed by atoms with Gasteiger partial charge in [0.2, 0.25) is 0 Å². The molecule has 3 heterocycles. The number of rotatable bonds is 5. The number of nitrogens with zero attached hydrogens (tertiary/aromatic N) is 4. The Labute approximate surface area is 198 Å². The van der Waals surface area contributed by atoms with E-state index in [-0.39, 0.29) is 10.0 Å². The normalized spacial score (nSPS) is 11.9. The fourth-order valence-electron chi connectivity index (χ4n) is 3.38. The molecule has 12 heteroatoms. The summed E-state index contributed by atoms with van der Waals surface area (Å²) >= 11 is 7.20. The van der Waals surface area contributed by atoms with Crippen molar-refractivity contribution in [3.63, 3.8) is 0 Å². The van der Waals surface area contributed by atoms with E-state index in [1.54, 1.807) is 6.07 Å². The van der Waals surface area contributed by atoms with Crippen molar-refractivity contribution in [1.82, 2.24) is 24.7 Å². The van der Waals surface area contributed by atoms with Gasteiger partial charge in [0.05, 0.1) is 28.2 Å². The van der Waals surface area contributed by atoms with E-state index in [0.717, 1.165) is 35.1 Å². The van der Waals surface area contributed by atoms with Crippen molar-refractivity contribution in [1.29, 1.82) is 0 Å². The lowest BCUT2D eigenvalue weighted by Crippen LogP contribution is -2.06. The van der Waals surface area contributed by atoms with Crippen LogP contribution in [-0.4, -0.2) is 24.7 Å². The Morgan fingerprint density at radius 2 is 1.94 bits per heavy atom. The Balaban J connectivity index is 1.52. The van der Waals surface area contributed by atoms with Gasteiger partial charge in [-0.25, -0.2) is 14.8 Å². The molecule has 0 saturated carbocycles. The van der Waals surface area contributed by atoms with Crippen LogP contribution in [0.5, 0.6) is 0 Å². The summed E-state index contributed by atoms with van der Waals surface area (Å²) in [5.41, 5.74) is 2.16. The van der Waals surface area contributed by atoms with E-state index in [1.807, 2.05) is 47.0 Å². The lowest BCUT2D eigenvalue weighted by atomic mass is 10.1. The number of aromatic nitrogens is 5. The van der Waals surface area contributed by atoms with E-state index in [4.69, 9.17) is 11.6 Å². The Morgan fingerprint density at radius 1 is 1.12 bits per heavy atom. The topological polar surface area (TPSA) is 89.6 Å². The van der Waals surface area contributed by atoms with Crippen molar-refractivity contribution in [2.45, 2.75) is 22.9 Å². The van der Waals surface area contributed by atoms with Gasteiger partial charge in [-0.05, 0) is 41.6 Å². The number of fused-ring (bicyclic) bond motifs is 1. The van der Waals surface area contributed by atoms with Crippen molar-refractivity contribution in [3.05, 3.63) is 87.5 Å². The molecule has 0 fully saturated rings. The maximum Gasteiger partial charge on any atom is 0.439 e. The number of benzene rings is 2. The third-order valence-electron chi connectivity index (χ3n) is 4.92. The molecule has 0 amide bonds. The van der Waals surface area contributed by atoms with Gasteiger partial charge < -0.3 is 4.57 Å². The zero-order valence-electron chi connectivity index (χ0n) is 17.0. The largest absolute Gasteiger partial charge is 0.439 e. The molecule has 7 nitrogen and oxygen atoms in total. The molecule has 2 aromatic carbocycles. The minimum absolute atomic E-state index is 0.115. The van der Waals surface area contributed by atoms with Crippen LogP contribution < -0.4 is 5.76 Å². The SMILES string of the molecule is O=c1[nH]c(-c2cccc(Cn3c(Sc4ncc(C(F)(F)F)cc4Cl)nc4ccccc43)c2)no1. The first-order valence-electron chi connectivity index (χ1n) is 9.79. The highest BCUT2D eigenvalue weighted by molar-refractivity contribution is 7.99. The monoisotopic (exact) mass is 503 g/mol. The molecule has 0 aliphatic heterocycles. The molecule has 172 valence electrons. The van der Waals surface area contributed by atoms with Crippen LogP contribution in [0.4, 0.5) is 13.2 Å². The molecule has 0 saturated heterocycles. The summed E-state index contributed by atoms with van der Waals surface area (Å²) in [4.78, 5) is 22.4. The molecule has 0 unspecified atom stereocenters. The van der Waals surface area contributed by atoms with Gasteiger partial charge in [-0.1, -0.05) is 47.1 Å². The molecule has 5 rings (SSSR count). The third-order valence-corrected chi connectivity index (χ3v) is 6.34. The third kappa shape index (κ3) is 4.44. The number of halogens is 4. The number of H-pyrrole nitrogens is 1. The molecule has 0 bridgehead atoms. The first-order chi connectivity index (χ1) is 16.3. The first kappa shape index (κ1) is 22.2. The van der Waals surface area contributed by atoms with Crippen molar-refractivity contribution in [2.24, 2.45) is 0 Å². The number of alkyl halides is 3. The van der Waals surface area contributed by atoms with Crippen molar-refractivity contribution >= 4 is 34.4 Å². The molecular formula is C22H13ClF3N5O2S. The highest BCUT2D eigenvalue weighted by atomic mass is 35.5. The maximum absolute atomic E-state index is 13.0. The molecule has 1 N–H and O–H groups in total. The minimum atomic E-state index is -4.54. The van der Waals surface area contributed by atoms with E-state index in [2.05, 4.69) is 24.6 Å². The smallest absolute Gasteiger partial charge is 0.314 e. The van der Waals surface area contributed by atoms with Gasteiger partial charge in [0.25, 0.3) is 0 Å². The zero-order chi connectivity index (χ0) is 23.9. The van der Waals surface area contributed by atoms with Crippen LogP contribution in [-0.2, 0) is 12.7 Å². The molecule has 5 aromatic rings. The van der Waals surface area contributed by atoms with Crippen LogP contribution in [0, 0.1) is 0 Å². The van der Waals surface area contributed by atoms with E-state index in [1.165, 1.54) is 0 Å². The van der Waals surface area contributed by atoms with Crippen LogP contribution in [0.2, 0.25) is 5.02 Å². The highest BCUT2D eigenvalue weighted by Crippen LogP contribution is 2.37. The number of aromatic amines is 1. The fraction of sp³-hybridized carbons (Fsp3) is 0.0909. The lowest BCUT2D eigenvalue weighted by molar-refractivity contribution is -0.137. The summed E-state index contributed by atoms with van der Waals surface area (Å²) in [6, 6.07) is 15.7. The van der Waals surface area contributed by atoms with Crippen molar-refractivity contribution in [2.75, 3.05) is 0 Å². The molecule has 3 aromatic heterocycles. The standard InChI is InChI=1S/C22H13ClF3N5O2S/c23-15-9-14(22(24,25)26)10-27-19(15)34-20-28-16-6-1-2-7-17(16)31(20)11-12-4-3-5-13(8-12)18-29-21(32)33-30-18/h1-10H,11H2,(H,29,30,32). The predicted octanol–water partition coefficient (Wildman–Crippen LogP) is 5.65. The highest BCUT2D eigenvalue weighted by Gasteiger charge is 2.31. The molecule has 0 spiro atoms. The summed E-state index contributed by atoms with van der Waals surface area (Å²) in [5.74, 6) is -0.349. The van der Waals surface area contributed by atoms with E-state index in [0.29, 0.717) is 28.6 Å². The molecule has 0 aliphatic carbocycles. The Bertz CT molecular complexity index is 1560. The maximum atomic E-state index is 13.0. The van der Waals surface area contributed by atoms with E-state index < -0.39 is 17.5 Å². The van der Waals surface area contributed by atoms with Gasteiger partial charge in [-0.2, -0.15) is 13.2 Å². The first-order valence-corrected chi connectivity index (χ1v) is 11.0. The Kier molecular flexibility index (Phi) is 5.66. The molecule has 0 radical (unpaired) electrons. The fourth-order valence-corrected chi connectivity index (χ4v) is 4.51. The quantitative estimate of drug-likeness (QED) is 0.333. The predicted molar refractivity (Wildman–Crippen MR) is 120 cm³/mol. The van der Waals surface area contributed by atoms with Gasteiger partial charge in [0.1, 0.15) is 5.03 Å². The number of hydrogen-bond acceptors (Lipinski definition) is 6. The number of para-hydroxylation sites is 2. The molecule has 34 heavy (non-hydrogen) atoms. The van der Waals surface area contributed by atoms with Gasteiger partial charge in [0.15, 0.2) is 11.0 Å². The second-order valence-electron chi connectivity index (χ2n) is 7.22. The van der Waals surface area contributed by atoms with E-state index in [9.17, 15) is 18.0 Å². The van der Waals surface area contributed by atoms with Crippen molar-refractivity contribution in [3.8, 4) is 11.4 Å². The van der Waals surface area contributed by atoms with Crippen LogP contribution in [0.15, 0.2) is 80.3 Å². The lowest BCUT2D eigenvalue weighted by Gasteiger charge is -2.11. The molecular weight excluding hydrogens is 491 g/mol. The average Bonchev–Trinajstić information content (AvgIpc) is 3.38. The second kappa shape index (κ2) is 8.65. The number of hydrogen-bond donors (Lipinski definition) is 1. The van der Waals surface area contributed by atoms with Gasteiger partial charge >= 0.3 is 11.9 Å². The minimum Gasteiger partial charge on any atom is -0.314 e. The van der Waals surface area contributed by atoms with Crippen LogP contribution in [0.1, 0.15) is 11.1 Å². The van der Waals surface area contributed by atoms with E-state index >= 15 is 0 Å². The second-order valence-corrected chi connectivity index (χ2v) is 8.59. The molecule has 0 aliphatic rings. The Hall–Kier alpha value is -3.57. The number of pyridine rings is 1. The summed E-state index contributed by atoms with van der Waals surface area (Å²) in [6.45, 7) is 0.386. The summed E-state index contributed by atoms with van der Waals surface area (Å²) in [7, 11) is 0. The summed E-state index contributed by atoms with van der Waals surface area (Å²) < 4.78 is 45.4. The zero-order valence-corrected chi connectivity index (χ0v) is 18.6. The molecule has 0 atom stereocenters. The van der Waals surface area contributed by atoms with Gasteiger partial charge in [0, 0.05) is 11.8 Å². The number of imidazole rings is 1. The van der Waals surface area contributed by atoms with Crippen molar-refractivity contribution < 1.29 is 17.7 Å². The number of nitrogens with one attached hydrogen (secondary N) is 1. The summed E-state index contributed by atoms with van der Waals surface area (Å²) in [6.07, 6.45) is -3.78. The van der Waals surface area contributed by atoms with Crippen LogP contribution in [0.25, 0.3) is 22.4 Å². The van der Waals surface area contributed by atoms with Gasteiger partial charge in [-0.15, -0.1) is 0 Å². The van der Waals surface area contributed by atoms with Crippen LogP contribution in [0.3, 0.4) is 0 Å².